The highest BCUT2D eigenvalue weighted by Gasteiger charge is 2.09. The summed E-state index contributed by atoms with van der Waals surface area (Å²) in [4.78, 5) is 7.81. The first-order valence-electron chi connectivity index (χ1n) is 1.95. The van der Waals surface area contributed by atoms with Crippen LogP contribution < -0.4 is 0 Å². The molecule has 0 amide bonds. The average Bonchev–Trinajstić information content (AvgIpc) is 1.67. The van der Waals surface area contributed by atoms with Crippen molar-refractivity contribution in [3.05, 3.63) is 12.4 Å². The Morgan fingerprint density at radius 2 is 1.86 bits per heavy atom. The lowest BCUT2D eigenvalue weighted by Crippen LogP contribution is -1.92. The van der Waals surface area contributed by atoms with Crippen LogP contribution in [-0.4, -0.2) is 9.97 Å². The van der Waals surface area contributed by atoms with Gasteiger partial charge in [0.15, 0.2) is 0 Å². The van der Waals surface area contributed by atoms with Gasteiger partial charge in [-0.15, -0.1) is 0 Å². The molecule has 3 heteroatoms. The van der Waals surface area contributed by atoms with Crippen molar-refractivity contribution in [2.45, 2.75) is 10.1 Å². The van der Waals surface area contributed by atoms with E-state index in [0.29, 0.717) is 0 Å². The molecule has 0 radical (unpaired) electrons. The fourth-order valence-electron chi connectivity index (χ4n) is 0.484. The first-order chi connectivity index (χ1) is 3.45. The second kappa shape index (κ2) is 0.980. The molecule has 0 atom stereocenters. The van der Waals surface area contributed by atoms with Crippen molar-refractivity contribution in [3.63, 3.8) is 0 Å². The van der Waals surface area contributed by atoms with Gasteiger partial charge in [-0.2, -0.15) is 0 Å². The van der Waals surface area contributed by atoms with E-state index in [9.17, 15) is 0 Å². The number of hydrogen-bond donors (Lipinski definition) is 0. The van der Waals surface area contributed by atoms with Gasteiger partial charge < -0.3 is 0 Å². The average molecular weight is 110 g/mol. The minimum absolute atomic E-state index is 1.09. The number of rotatable bonds is 0. The van der Waals surface area contributed by atoms with Gasteiger partial charge in [0, 0.05) is 6.07 Å². The highest BCUT2D eigenvalue weighted by molar-refractivity contribution is 8.00. The van der Waals surface area contributed by atoms with E-state index in [1.54, 1.807) is 18.1 Å². The first-order valence-corrected chi connectivity index (χ1v) is 2.77. The maximum atomic E-state index is 3.91. The molecule has 2 aliphatic heterocycles. The van der Waals surface area contributed by atoms with Crippen LogP contribution in [0.25, 0.3) is 0 Å². The van der Waals surface area contributed by atoms with Crippen LogP contribution in [0.15, 0.2) is 22.4 Å². The van der Waals surface area contributed by atoms with Gasteiger partial charge in [-0.1, -0.05) is 0 Å². The molecule has 2 bridgehead atoms. The van der Waals surface area contributed by atoms with Crippen molar-refractivity contribution in [1.82, 2.24) is 9.97 Å². The summed E-state index contributed by atoms with van der Waals surface area (Å²) in [6.45, 7) is 0. The number of aromatic nitrogens is 2. The summed E-state index contributed by atoms with van der Waals surface area (Å²) >= 11 is 1.63. The van der Waals surface area contributed by atoms with Crippen LogP contribution >= 0.6 is 11.8 Å². The van der Waals surface area contributed by atoms with Crippen LogP contribution in [0.4, 0.5) is 0 Å². The van der Waals surface area contributed by atoms with E-state index >= 15 is 0 Å². The lowest BCUT2D eigenvalue weighted by molar-refractivity contribution is 0.919. The lowest BCUT2D eigenvalue weighted by Gasteiger charge is -2.07. The van der Waals surface area contributed by atoms with Crippen LogP contribution in [0.1, 0.15) is 0 Å². The molecule has 0 unspecified atom stereocenters. The third-order valence-corrected chi connectivity index (χ3v) is 1.69. The third kappa shape index (κ3) is 0.354. The largest absolute Gasteiger partial charge is 0.230 e. The zero-order chi connectivity index (χ0) is 4.69. The number of fused-ring (bicyclic) bond motifs is 2. The monoisotopic (exact) mass is 110 g/mol. The third-order valence-electron chi connectivity index (χ3n) is 0.826. The predicted octanol–water partition coefficient (Wildman–Crippen LogP) is 0.941. The summed E-state index contributed by atoms with van der Waals surface area (Å²) in [5.74, 6) is 0. The number of nitrogens with zero attached hydrogens (tertiary/aromatic N) is 2. The minimum Gasteiger partial charge on any atom is -0.230 e. The van der Waals surface area contributed by atoms with Gasteiger partial charge in [0.1, 0.15) is 16.4 Å². The van der Waals surface area contributed by atoms with Crippen LogP contribution in [0.5, 0.6) is 0 Å². The Kier molecular flexibility index (Phi) is 0.481. The molecule has 0 aromatic carbocycles. The summed E-state index contributed by atoms with van der Waals surface area (Å²) in [6, 6.07) is 1.96. The van der Waals surface area contributed by atoms with Crippen molar-refractivity contribution in [2.75, 3.05) is 0 Å². The molecule has 0 saturated heterocycles. The minimum atomic E-state index is 1.09. The first kappa shape index (κ1) is 3.43. The molecule has 0 spiro atoms. The van der Waals surface area contributed by atoms with Gasteiger partial charge in [0.25, 0.3) is 0 Å². The van der Waals surface area contributed by atoms with Crippen LogP contribution in [0.2, 0.25) is 0 Å². The van der Waals surface area contributed by atoms with E-state index in [2.05, 4.69) is 9.97 Å². The summed E-state index contributed by atoms with van der Waals surface area (Å²) in [5.41, 5.74) is 0. The van der Waals surface area contributed by atoms with Gasteiger partial charge in [-0.3, -0.25) is 0 Å². The molecule has 0 fully saturated rings. The molecule has 2 nitrogen and oxygen atoms in total. The zero-order valence-corrected chi connectivity index (χ0v) is 4.27. The Bertz CT molecular complexity index is 174. The molecule has 3 rings (SSSR count). The molecule has 3 heterocycles. The normalized spacial score (nSPS) is 13.1. The quantitative estimate of drug-likeness (QED) is 0.472. The Morgan fingerprint density at radius 1 is 1.29 bits per heavy atom. The summed E-state index contributed by atoms with van der Waals surface area (Å²) in [6.07, 6.45) is 1.58. The number of hydrogen-bond acceptors (Lipinski definition) is 3. The summed E-state index contributed by atoms with van der Waals surface area (Å²) in [5, 5.41) is 2.18. The van der Waals surface area contributed by atoms with Crippen molar-refractivity contribution < 1.29 is 0 Å². The molecular formula is C4H2N2S. The standard InChI is InChI=1S/C4H2N2S/c1-3-5-2-6-4(1)7-3/h1-2H. The molecule has 34 valence electrons. The molecular weight excluding hydrogens is 108 g/mol. The van der Waals surface area contributed by atoms with Gasteiger partial charge in [0.2, 0.25) is 0 Å². The maximum absolute atomic E-state index is 3.91. The highest BCUT2D eigenvalue weighted by Crippen LogP contribution is 2.33. The van der Waals surface area contributed by atoms with E-state index in [1.807, 2.05) is 6.07 Å². The second-order valence-corrected chi connectivity index (χ2v) is 2.34. The van der Waals surface area contributed by atoms with Crippen LogP contribution in [-0.2, 0) is 0 Å². The maximum Gasteiger partial charge on any atom is 0.118 e. The van der Waals surface area contributed by atoms with Crippen molar-refractivity contribution in [1.29, 1.82) is 0 Å². The van der Waals surface area contributed by atoms with Crippen LogP contribution in [0.3, 0.4) is 0 Å². The van der Waals surface area contributed by atoms with Crippen molar-refractivity contribution in [3.8, 4) is 0 Å². The summed E-state index contributed by atoms with van der Waals surface area (Å²) in [7, 11) is 0. The lowest BCUT2D eigenvalue weighted by atomic mass is 10.7. The molecule has 0 saturated carbocycles. The molecule has 7 heavy (non-hydrogen) atoms. The van der Waals surface area contributed by atoms with Gasteiger partial charge in [-0.05, 0) is 11.8 Å². The van der Waals surface area contributed by atoms with E-state index in [1.165, 1.54) is 0 Å². The Morgan fingerprint density at radius 3 is 2.00 bits per heavy atom. The predicted molar refractivity (Wildman–Crippen MR) is 26.2 cm³/mol. The van der Waals surface area contributed by atoms with E-state index in [4.69, 9.17) is 0 Å². The molecule has 0 N–H and O–H groups in total. The second-order valence-electron chi connectivity index (χ2n) is 1.30. The van der Waals surface area contributed by atoms with Gasteiger partial charge in [-0.25, -0.2) is 9.97 Å². The van der Waals surface area contributed by atoms with E-state index in [0.717, 1.165) is 10.1 Å². The fraction of sp³-hybridized carbons (Fsp3) is 0. The molecule has 2 aliphatic rings. The van der Waals surface area contributed by atoms with Gasteiger partial charge >= 0.3 is 0 Å². The summed E-state index contributed by atoms with van der Waals surface area (Å²) < 4.78 is 0. The van der Waals surface area contributed by atoms with Crippen LogP contribution in [0, 0.1) is 0 Å². The van der Waals surface area contributed by atoms with E-state index < -0.39 is 0 Å². The Hall–Kier alpha value is -0.570. The zero-order valence-electron chi connectivity index (χ0n) is 3.46. The highest BCUT2D eigenvalue weighted by atomic mass is 32.2. The smallest absolute Gasteiger partial charge is 0.118 e. The Balaban J connectivity index is 2.78. The molecule has 1 aromatic rings. The molecule has 0 aliphatic carbocycles. The topological polar surface area (TPSA) is 25.8 Å². The SMILES string of the molecule is c1nc2cc(n1)S2. The fourth-order valence-corrected chi connectivity index (χ4v) is 1.05. The van der Waals surface area contributed by atoms with Crippen molar-refractivity contribution in [2.24, 2.45) is 0 Å². The van der Waals surface area contributed by atoms with E-state index in [-0.39, 0.29) is 0 Å². The Labute approximate surface area is 45.0 Å². The van der Waals surface area contributed by atoms with Gasteiger partial charge in [0.05, 0.1) is 0 Å². The molecule has 1 aromatic heterocycles. The van der Waals surface area contributed by atoms with Crippen molar-refractivity contribution >= 4 is 11.8 Å².